The van der Waals surface area contributed by atoms with Crippen molar-refractivity contribution in [1.29, 1.82) is 0 Å². The Morgan fingerprint density at radius 1 is 0.900 bits per heavy atom. The van der Waals surface area contributed by atoms with E-state index in [-0.39, 0.29) is 0 Å². The Bertz CT molecular complexity index is 545. The van der Waals surface area contributed by atoms with E-state index in [0.717, 1.165) is 0 Å². The molecule has 20 heavy (non-hydrogen) atoms. The zero-order valence-electron chi connectivity index (χ0n) is 10.7. The summed E-state index contributed by atoms with van der Waals surface area (Å²) in [6.45, 7) is 0.776. The molecule has 0 bridgehead atoms. The third kappa shape index (κ3) is 4.45. The van der Waals surface area contributed by atoms with Crippen molar-refractivity contribution >= 4 is 24.2 Å². The van der Waals surface area contributed by atoms with Crippen molar-refractivity contribution in [3.05, 3.63) is 53.6 Å². The van der Waals surface area contributed by atoms with Crippen LogP contribution < -0.4 is 14.9 Å². The zero-order valence-corrected chi connectivity index (χ0v) is 11.5. The van der Waals surface area contributed by atoms with Gasteiger partial charge in [0, 0.05) is 5.02 Å². The normalized spacial score (nSPS) is 10.2. The molecule has 0 aliphatic heterocycles. The molecule has 104 valence electrons. The molecule has 4 nitrogen and oxygen atoms in total. The Kier molecular flexibility index (Phi) is 5.29. The highest BCUT2D eigenvalue weighted by Gasteiger charge is 2.09. The first-order valence-electron chi connectivity index (χ1n) is 6.12. The molecule has 0 spiro atoms. The number of hydrogen-bond donors (Lipinski definition) is 2. The Labute approximate surface area is 122 Å². The molecule has 0 aliphatic carbocycles. The van der Waals surface area contributed by atoms with Crippen molar-refractivity contribution in [2.24, 2.45) is 0 Å². The molecule has 0 fully saturated rings. The van der Waals surface area contributed by atoms with Crippen molar-refractivity contribution in [2.75, 3.05) is 13.2 Å². The molecule has 0 saturated carbocycles. The third-order valence-electron chi connectivity index (χ3n) is 2.60. The minimum atomic E-state index is -1.46. The van der Waals surface area contributed by atoms with Crippen LogP contribution in [0.3, 0.4) is 0 Å². The van der Waals surface area contributed by atoms with Gasteiger partial charge >= 0.3 is 7.12 Å². The standard InChI is InChI=1S/C14H14BClO4/c16-12-2-1-3-14(10-12)20-9-8-19-13-6-4-11(5-7-13)15(17)18/h1-7,10,17-18H,8-9H2. The van der Waals surface area contributed by atoms with E-state index in [0.29, 0.717) is 35.2 Å². The minimum absolute atomic E-state index is 0.382. The van der Waals surface area contributed by atoms with E-state index in [9.17, 15) is 0 Å². The smallest absolute Gasteiger partial charge is 0.488 e. The second kappa shape index (κ2) is 7.19. The van der Waals surface area contributed by atoms with Crippen LogP contribution in [0.2, 0.25) is 5.02 Å². The Morgan fingerprint density at radius 2 is 1.55 bits per heavy atom. The fraction of sp³-hybridized carbons (Fsp3) is 0.143. The van der Waals surface area contributed by atoms with E-state index >= 15 is 0 Å². The van der Waals surface area contributed by atoms with Crippen molar-refractivity contribution in [1.82, 2.24) is 0 Å². The van der Waals surface area contributed by atoms with E-state index < -0.39 is 7.12 Å². The Morgan fingerprint density at radius 3 is 2.15 bits per heavy atom. The SMILES string of the molecule is OB(O)c1ccc(OCCOc2cccc(Cl)c2)cc1. The summed E-state index contributed by atoms with van der Waals surface area (Å²) in [7, 11) is -1.46. The van der Waals surface area contributed by atoms with Crippen LogP contribution in [0.5, 0.6) is 11.5 Å². The molecule has 2 N–H and O–H groups in total. The molecule has 2 aromatic rings. The molecule has 0 amide bonds. The van der Waals surface area contributed by atoms with Gasteiger partial charge in [-0.25, -0.2) is 0 Å². The summed E-state index contributed by atoms with van der Waals surface area (Å²) in [6.07, 6.45) is 0. The summed E-state index contributed by atoms with van der Waals surface area (Å²) in [4.78, 5) is 0. The summed E-state index contributed by atoms with van der Waals surface area (Å²) in [5.74, 6) is 1.34. The fourth-order valence-electron chi connectivity index (χ4n) is 1.61. The summed E-state index contributed by atoms with van der Waals surface area (Å²) >= 11 is 5.84. The highest BCUT2D eigenvalue weighted by atomic mass is 35.5. The first kappa shape index (κ1) is 14.7. The third-order valence-corrected chi connectivity index (χ3v) is 2.83. The van der Waals surface area contributed by atoms with E-state index in [1.807, 2.05) is 12.1 Å². The number of rotatable bonds is 6. The molecule has 2 aromatic carbocycles. The van der Waals surface area contributed by atoms with Crippen LogP contribution in [0.25, 0.3) is 0 Å². The van der Waals surface area contributed by atoms with Gasteiger partial charge < -0.3 is 19.5 Å². The van der Waals surface area contributed by atoms with E-state index in [4.69, 9.17) is 31.1 Å². The second-order valence-electron chi connectivity index (χ2n) is 4.10. The fourth-order valence-corrected chi connectivity index (χ4v) is 1.79. The summed E-state index contributed by atoms with van der Waals surface area (Å²) < 4.78 is 11.0. The van der Waals surface area contributed by atoms with Crippen LogP contribution in [0.4, 0.5) is 0 Å². The predicted molar refractivity (Wildman–Crippen MR) is 78.7 cm³/mol. The molecule has 0 unspecified atom stereocenters. The highest BCUT2D eigenvalue weighted by Crippen LogP contribution is 2.17. The van der Waals surface area contributed by atoms with Gasteiger partial charge in [0.15, 0.2) is 0 Å². The maximum atomic E-state index is 8.96. The molecule has 0 aliphatic rings. The van der Waals surface area contributed by atoms with Gasteiger partial charge in [0.1, 0.15) is 24.7 Å². The molecule has 2 rings (SSSR count). The van der Waals surface area contributed by atoms with Crippen molar-refractivity contribution in [2.45, 2.75) is 0 Å². The van der Waals surface area contributed by atoms with Gasteiger partial charge in [0.05, 0.1) is 0 Å². The van der Waals surface area contributed by atoms with E-state index in [1.54, 1.807) is 36.4 Å². The molecule has 0 radical (unpaired) electrons. The summed E-state index contributed by atoms with van der Waals surface area (Å²) in [5.41, 5.74) is 0.424. The van der Waals surface area contributed by atoms with Crippen molar-refractivity contribution in [3.63, 3.8) is 0 Å². The van der Waals surface area contributed by atoms with Crippen molar-refractivity contribution in [3.8, 4) is 11.5 Å². The lowest BCUT2D eigenvalue weighted by Crippen LogP contribution is -2.29. The minimum Gasteiger partial charge on any atom is -0.490 e. The van der Waals surface area contributed by atoms with Crippen LogP contribution in [-0.4, -0.2) is 30.4 Å². The molecule has 6 heteroatoms. The topological polar surface area (TPSA) is 58.9 Å². The van der Waals surface area contributed by atoms with Gasteiger partial charge in [-0.3, -0.25) is 0 Å². The van der Waals surface area contributed by atoms with Crippen LogP contribution in [0, 0.1) is 0 Å². The van der Waals surface area contributed by atoms with Crippen LogP contribution in [0.15, 0.2) is 48.5 Å². The molecule has 0 aromatic heterocycles. The largest absolute Gasteiger partial charge is 0.490 e. The summed E-state index contributed by atoms with van der Waals surface area (Å²) in [6, 6.07) is 13.7. The van der Waals surface area contributed by atoms with Gasteiger partial charge in [0.25, 0.3) is 0 Å². The first-order chi connectivity index (χ1) is 9.65. The lowest BCUT2D eigenvalue weighted by molar-refractivity contribution is 0.217. The van der Waals surface area contributed by atoms with Gasteiger partial charge in [-0.05, 0) is 35.8 Å². The number of hydrogen-bond acceptors (Lipinski definition) is 4. The quantitative estimate of drug-likeness (QED) is 0.625. The average molecular weight is 293 g/mol. The van der Waals surface area contributed by atoms with Crippen molar-refractivity contribution < 1.29 is 19.5 Å². The maximum absolute atomic E-state index is 8.96. The highest BCUT2D eigenvalue weighted by molar-refractivity contribution is 6.58. The van der Waals surface area contributed by atoms with Crippen LogP contribution in [-0.2, 0) is 0 Å². The first-order valence-corrected chi connectivity index (χ1v) is 6.50. The predicted octanol–water partition coefficient (Wildman–Crippen LogP) is 1.48. The molecule has 0 saturated heterocycles. The Balaban J connectivity index is 1.75. The van der Waals surface area contributed by atoms with Crippen LogP contribution >= 0.6 is 11.6 Å². The second-order valence-corrected chi connectivity index (χ2v) is 4.53. The van der Waals surface area contributed by atoms with E-state index in [2.05, 4.69) is 0 Å². The number of halogens is 1. The van der Waals surface area contributed by atoms with Crippen LogP contribution in [0.1, 0.15) is 0 Å². The lowest BCUT2D eigenvalue weighted by Gasteiger charge is -2.09. The molecular weight excluding hydrogens is 278 g/mol. The lowest BCUT2D eigenvalue weighted by atomic mass is 9.80. The number of ether oxygens (including phenoxy) is 2. The van der Waals surface area contributed by atoms with Gasteiger partial charge in [-0.1, -0.05) is 29.8 Å². The average Bonchev–Trinajstić information content (AvgIpc) is 2.44. The summed E-state index contributed by atoms with van der Waals surface area (Å²) in [5, 5.41) is 18.5. The molecule has 0 atom stereocenters. The number of benzene rings is 2. The zero-order chi connectivity index (χ0) is 14.4. The van der Waals surface area contributed by atoms with E-state index in [1.165, 1.54) is 0 Å². The maximum Gasteiger partial charge on any atom is 0.488 e. The van der Waals surface area contributed by atoms with Gasteiger partial charge in [-0.15, -0.1) is 0 Å². The Hall–Kier alpha value is -1.69. The molecule has 0 heterocycles. The van der Waals surface area contributed by atoms with Gasteiger partial charge in [0.2, 0.25) is 0 Å². The van der Waals surface area contributed by atoms with Gasteiger partial charge in [-0.2, -0.15) is 0 Å². The molecular formula is C14H14BClO4. The monoisotopic (exact) mass is 292 g/mol.